The number of benzene rings is 3. The highest BCUT2D eigenvalue weighted by molar-refractivity contribution is 8.00. The summed E-state index contributed by atoms with van der Waals surface area (Å²) in [5.74, 6) is -0.915. The van der Waals surface area contributed by atoms with Gasteiger partial charge in [-0.25, -0.2) is 4.98 Å². The average Bonchev–Trinajstić information content (AvgIpc) is 3.41. The van der Waals surface area contributed by atoms with E-state index in [-0.39, 0.29) is 17.4 Å². The topological polar surface area (TPSA) is 100 Å². The van der Waals surface area contributed by atoms with E-state index in [2.05, 4.69) is 20.9 Å². The maximum absolute atomic E-state index is 13.2. The standard InChI is InChI=1S/C27H21ClN4O3S2/c28-20-9-4-6-18(14-20)15-23(31-25(34)19-7-2-1-3-8-19)26(35)30-21-10-5-11-22(16-21)37-17-24(33)32-27-29-12-13-36-27/h1-16H,17H2,(H,30,35)(H,31,34)(H,29,32,33)/b23-15-. The number of carbonyl (C=O) groups is 3. The molecule has 0 fully saturated rings. The highest BCUT2D eigenvalue weighted by atomic mass is 35.5. The zero-order valence-electron chi connectivity index (χ0n) is 19.3. The van der Waals surface area contributed by atoms with E-state index in [1.165, 1.54) is 23.1 Å². The van der Waals surface area contributed by atoms with Crippen molar-refractivity contribution in [3.63, 3.8) is 0 Å². The lowest BCUT2D eigenvalue weighted by atomic mass is 10.1. The van der Waals surface area contributed by atoms with Crippen LogP contribution < -0.4 is 16.0 Å². The van der Waals surface area contributed by atoms with Crippen LogP contribution in [0.3, 0.4) is 0 Å². The Morgan fingerprint density at radius 1 is 0.946 bits per heavy atom. The molecule has 0 saturated carbocycles. The Bertz CT molecular complexity index is 1430. The van der Waals surface area contributed by atoms with Gasteiger partial charge in [0.25, 0.3) is 11.8 Å². The molecule has 0 unspecified atom stereocenters. The van der Waals surface area contributed by atoms with E-state index < -0.39 is 11.8 Å². The van der Waals surface area contributed by atoms with Crippen LogP contribution >= 0.6 is 34.7 Å². The lowest BCUT2D eigenvalue weighted by molar-refractivity contribution is -0.114. The molecule has 3 aromatic carbocycles. The summed E-state index contributed by atoms with van der Waals surface area (Å²) in [6.45, 7) is 0. The first-order valence-electron chi connectivity index (χ1n) is 11.0. The fourth-order valence-electron chi connectivity index (χ4n) is 3.16. The van der Waals surface area contributed by atoms with E-state index >= 15 is 0 Å². The molecule has 1 heterocycles. The molecule has 37 heavy (non-hydrogen) atoms. The summed E-state index contributed by atoms with van der Waals surface area (Å²) in [4.78, 5) is 43.0. The van der Waals surface area contributed by atoms with Crippen molar-refractivity contribution in [3.8, 4) is 0 Å². The summed E-state index contributed by atoms with van der Waals surface area (Å²) in [5.41, 5.74) is 1.64. The molecule has 0 radical (unpaired) electrons. The second-order valence-electron chi connectivity index (χ2n) is 7.59. The van der Waals surface area contributed by atoms with E-state index in [1.54, 1.807) is 90.4 Å². The van der Waals surface area contributed by atoms with Gasteiger partial charge in [0.05, 0.1) is 5.75 Å². The predicted molar refractivity (Wildman–Crippen MR) is 150 cm³/mol. The molecule has 4 aromatic rings. The van der Waals surface area contributed by atoms with E-state index in [4.69, 9.17) is 11.6 Å². The molecule has 0 saturated heterocycles. The van der Waals surface area contributed by atoms with Crippen LogP contribution in [-0.4, -0.2) is 28.5 Å². The van der Waals surface area contributed by atoms with Gasteiger partial charge in [0.1, 0.15) is 5.70 Å². The Morgan fingerprint density at radius 3 is 2.51 bits per heavy atom. The average molecular weight is 549 g/mol. The Labute approximate surface area is 227 Å². The van der Waals surface area contributed by atoms with Gasteiger partial charge >= 0.3 is 0 Å². The van der Waals surface area contributed by atoms with Crippen LogP contribution in [0.1, 0.15) is 15.9 Å². The number of halogens is 1. The van der Waals surface area contributed by atoms with Crippen LogP contribution in [0.25, 0.3) is 6.08 Å². The number of hydrogen-bond acceptors (Lipinski definition) is 6. The summed E-state index contributed by atoms with van der Waals surface area (Å²) < 4.78 is 0. The molecule has 4 rings (SSSR count). The molecular weight excluding hydrogens is 528 g/mol. The van der Waals surface area contributed by atoms with Crippen molar-refractivity contribution >= 4 is 69.3 Å². The van der Waals surface area contributed by atoms with Gasteiger partial charge in [0, 0.05) is 32.7 Å². The van der Waals surface area contributed by atoms with Crippen molar-refractivity contribution in [1.82, 2.24) is 10.3 Å². The number of thioether (sulfide) groups is 1. The highest BCUT2D eigenvalue weighted by Gasteiger charge is 2.15. The van der Waals surface area contributed by atoms with Crippen LogP contribution in [0, 0.1) is 0 Å². The van der Waals surface area contributed by atoms with Crippen molar-refractivity contribution in [2.24, 2.45) is 0 Å². The van der Waals surface area contributed by atoms with Crippen molar-refractivity contribution < 1.29 is 14.4 Å². The molecule has 0 aliphatic carbocycles. The smallest absolute Gasteiger partial charge is 0.272 e. The summed E-state index contributed by atoms with van der Waals surface area (Å²) in [6, 6.07) is 22.7. The molecule has 3 amide bonds. The number of aromatic nitrogens is 1. The second-order valence-corrected chi connectivity index (χ2v) is 9.97. The van der Waals surface area contributed by atoms with Crippen molar-refractivity contribution in [2.45, 2.75) is 4.90 Å². The van der Waals surface area contributed by atoms with Crippen LogP contribution in [0.15, 0.2) is 101 Å². The molecule has 0 aliphatic heterocycles. The van der Waals surface area contributed by atoms with E-state index in [0.29, 0.717) is 27.0 Å². The first kappa shape index (κ1) is 26.2. The quantitative estimate of drug-likeness (QED) is 0.178. The molecule has 0 bridgehead atoms. The third-order valence-corrected chi connectivity index (χ3v) is 6.75. The summed E-state index contributed by atoms with van der Waals surface area (Å²) in [7, 11) is 0. The SMILES string of the molecule is O=C(CSc1cccc(NC(=O)/C(=C/c2cccc(Cl)c2)NC(=O)c2ccccc2)c1)Nc1nccs1. The van der Waals surface area contributed by atoms with Gasteiger partial charge in [-0.15, -0.1) is 23.1 Å². The van der Waals surface area contributed by atoms with Gasteiger partial charge in [-0.05, 0) is 54.1 Å². The Morgan fingerprint density at radius 2 is 1.76 bits per heavy atom. The third kappa shape index (κ3) is 8.04. The zero-order chi connectivity index (χ0) is 26.0. The number of anilines is 2. The molecule has 10 heteroatoms. The Kier molecular flexibility index (Phi) is 9.09. The molecule has 0 spiro atoms. The largest absolute Gasteiger partial charge is 0.321 e. The van der Waals surface area contributed by atoms with Gasteiger partial charge < -0.3 is 16.0 Å². The summed E-state index contributed by atoms with van der Waals surface area (Å²) in [5, 5.41) is 11.1. The number of rotatable bonds is 9. The number of hydrogen-bond donors (Lipinski definition) is 3. The summed E-state index contributed by atoms with van der Waals surface area (Å²) >= 11 is 8.77. The minimum atomic E-state index is -0.507. The van der Waals surface area contributed by atoms with Crippen LogP contribution in [-0.2, 0) is 9.59 Å². The Balaban J connectivity index is 1.47. The fourth-order valence-corrected chi connectivity index (χ4v) is 4.66. The van der Waals surface area contributed by atoms with Crippen molar-refractivity contribution in [3.05, 3.63) is 112 Å². The predicted octanol–water partition coefficient (Wildman–Crippen LogP) is 5.94. The van der Waals surface area contributed by atoms with E-state index in [9.17, 15) is 14.4 Å². The van der Waals surface area contributed by atoms with Crippen LogP contribution in [0.4, 0.5) is 10.8 Å². The van der Waals surface area contributed by atoms with E-state index in [0.717, 1.165) is 4.90 Å². The van der Waals surface area contributed by atoms with Gasteiger partial charge in [0.2, 0.25) is 5.91 Å². The lowest BCUT2D eigenvalue weighted by Gasteiger charge is -2.12. The number of carbonyl (C=O) groups excluding carboxylic acids is 3. The molecule has 3 N–H and O–H groups in total. The Hall–Kier alpha value is -3.92. The maximum atomic E-state index is 13.2. The zero-order valence-corrected chi connectivity index (χ0v) is 21.7. The fraction of sp³-hybridized carbons (Fsp3) is 0.0370. The minimum Gasteiger partial charge on any atom is -0.321 e. The van der Waals surface area contributed by atoms with Crippen LogP contribution in [0.2, 0.25) is 5.02 Å². The van der Waals surface area contributed by atoms with Crippen molar-refractivity contribution in [2.75, 3.05) is 16.4 Å². The maximum Gasteiger partial charge on any atom is 0.272 e. The first-order valence-corrected chi connectivity index (χ1v) is 13.3. The number of nitrogens with one attached hydrogen (secondary N) is 3. The van der Waals surface area contributed by atoms with Gasteiger partial charge in [0.15, 0.2) is 5.13 Å². The number of amides is 3. The normalized spacial score (nSPS) is 11.0. The molecule has 186 valence electrons. The molecule has 7 nitrogen and oxygen atoms in total. The first-order chi connectivity index (χ1) is 18.0. The molecule has 1 aromatic heterocycles. The third-order valence-electron chi connectivity index (χ3n) is 4.83. The van der Waals surface area contributed by atoms with Crippen LogP contribution in [0.5, 0.6) is 0 Å². The number of thiazole rings is 1. The molecule has 0 atom stereocenters. The van der Waals surface area contributed by atoms with Gasteiger partial charge in [-0.3, -0.25) is 14.4 Å². The van der Waals surface area contributed by atoms with E-state index in [1.807, 2.05) is 6.07 Å². The highest BCUT2D eigenvalue weighted by Crippen LogP contribution is 2.23. The van der Waals surface area contributed by atoms with Gasteiger partial charge in [-0.1, -0.05) is 48.0 Å². The number of nitrogens with zero attached hydrogens (tertiary/aromatic N) is 1. The molecule has 0 aliphatic rings. The second kappa shape index (κ2) is 12.9. The monoisotopic (exact) mass is 548 g/mol. The molecular formula is C27H21ClN4O3S2. The van der Waals surface area contributed by atoms with Crippen molar-refractivity contribution in [1.29, 1.82) is 0 Å². The minimum absolute atomic E-state index is 0.0528. The summed E-state index contributed by atoms with van der Waals surface area (Å²) in [6.07, 6.45) is 3.18. The van der Waals surface area contributed by atoms with Gasteiger partial charge in [-0.2, -0.15) is 0 Å². The lowest BCUT2D eigenvalue weighted by Crippen LogP contribution is -2.30.